The molecule has 0 aliphatic carbocycles. The molecule has 0 radical (unpaired) electrons. The van der Waals surface area contributed by atoms with Gasteiger partial charge >= 0.3 is 0 Å². The Morgan fingerprint density at radius 2 is 1.48 bits per heavy atom. The topological polar surface area (TPSA) is 54.9 Å². The lowest BCUT2D eigenvalue weighted by Gasteiger charge is -2.20. The number of guanidine groups is 1. The van der Waals surface area contributed by atoms with Crippen LogP contribution in [0.2, 0.25) is 0 Å². The Bertz CT molecular complexity index is 599. The molecule has 0 unspecified atom stereocenters. The van der Waals surface area contributed by atoms with Crippen molar-refractivity contribution in [2.45, 2.75) is 5.92 Å². The van der Waals surface area contributed by atoms with E-state index in [1.54, 1.807) is 14.2 Å². The number of aliphatic imine (C=N–C) groups is 1. The van der Waals surface area contributed by atoms with E-state index in [1.807, 2.05) is 12.1 Å². The number of halogens is 1. The van der Waals surface area contributed by atoms with E-state index < -0.39 is 0 Å². The van der Waals surface area contributed by atoms with E-state index in [1.165, 1.54) is 11.1 Å². The second-order valence-electron chi connectivity index (χ2n) is 5.86. The van der Waals surface area contributed by atoms with Crippen molar-refractivity contribution < 1.29 is 9.47 Å². The summed E-state index contributed by atoms with van der Waals surface area (Å²) in [5, 5.41) is 6.70. The molecule has 0 saturated heterocycles. The first-order chi connectivity index (χ1) is 12.8. The number of benzene rings is 2. The fourth-order valence-electron chi connectivity index (χ4n) is 2.70. The lowest BCUT2D eigenvalue weighted by atomic mass is 9.91. The molecule has 0 atom stereocenters. The highest BCUT2D eigenvalue weighted by molar-refractivity contribution is 14.0. The minimum atomic E-state index is 0. The van der Waals surface area contributed by atoms with E-state index in [0.717, 1.165) is 12.5 Å². The molecule has 2 aromatic rings. The highest BCUT2D eigenvalue weighted by Gasteiger charge is 2.14. The van der Waals surface area contributed by atoms with Gasteiger partial charge in [-0.25, -0.2) is 0 Å². The molecule has 0 heterocycles. The summed E-state index contributed by atoms with van der Waals surface area (Å²) in [5.41, 5.74) is 2.56. The Kier molecular flexibility index (Phi) is 12.5. The maximum Gasteiger partial charge on any atom is 0.191 e. The maximum absolute atomic E-state index is 5.46. The second kappa shape index (κ2) is 14.4. The van der Waals surface area contributed by atoms with Gasteiger partial charge in [0.25, 0.3) is 0 Å². The second-order valence-corrected chi connectivity index (χ2v) is 5.86. The third-order valence-electron chi connectivity index (χ3n) is 4.07. The molecule has 2 aromatic carbocycles. The number of methoxy groups -OCH3 is 1. The zero-order valence-corrected chi connectivity index (χ0v) is 18.4. The minimum absolute atomic E-state index is 0. The van der Waals surface area contributed by atoms with Crippen LogP contribution in [0.4, 0.5) is 0 Å². The highest BCUT2D eigenvalue weighted by atomic mass is 127. The minimum Gasteiger partial charge on any atom is -0.382 e. The monoisotopic (exact) mass is 483 g/mol. The van der Waals surface area contributed by atoms with Gasteiger partial charge in [-0.3, -0.25) is 4.99 Å². The Hall–Kier alpha value is -1.64. The molecule has 2 N–H and O–H groups in total. The van der Waals surface area contributed by atoms with Gasteiger partial charge in [0.2, 0.25) is 0 Å². The Morgan fingerprint density at radius 1 is 0.889 bits per heavy atom. The van der Waals surface area contributed by atoms with Gasteiger partial charge in [0.1, 0.15) is 0 Å². The van der Waals surface area contributed by atoms with Crippen molar-refractivity contribution in [3.05, 3.63) is 71.8 Å². The summed E-state index contributed by atoms with van der Waals surface area (Å²) < 4.78 is 10.4. The molecule has 2 rings (SSSR count). The average molecular weight is 483 g/mol. The van der Waals surface area contributed by atoms with E-state index in [-0.39, 0.29) is 29.9 Å². The molecule has 6 heteroatoms. The van der Waals surface area contributed by atoms with Gasteiger partial charge in [-0.1, -0.05) is 60.7 Å². The van der Waals surface area contributed by atoms with Crippen molar-refractivity contribution in [2.75, 3.05) is 47.1 Å². The molecule has 5 nitrogen and oxygen atoms in total. The third-order valence-corrected chi connectivity index (χ3v) is 4.07. The number of ether oxygens (including phenoxy) is 2. The van der Waals surface area contributed by atoms with Crippen LogP contribution in [-0.4, -0.2) is 53.0 Å². The summed E-state index contributed by atoms with van der Waals surface area (Å²) >= 11 is 0. The van der Waals surface area contributed by atoms with E-state index in [0.29, 0.717) is 26.4 Å². The largest absolute Gasteiger partial charge is 0.382 e. The smallest absolute Gasteiger partial charge is 0.191 e. The number of hydrogen-bond acceptors (Lipinski definition) is 3. The lowest BCUT2D eigenvalue weighted by Crippen LogP contribution is -2.41. The third kappa shape index (κ3) is 8.73. The summed E-state index contributed by atoms with van der Waals surface area (Å²) in [6, 6.07) is 21.1. The molecule has 0 spiro atoms. The number of nitrogens with one attached hydrogen (secondary N) is 2. The van der Waals surface area contributed by atoms with Crippen LogP contribution in [0.3, 0.4) is 0 Å². The van der Waals surface area contributed by atoms with Gasteiger partial charge in [0.05, 0.1) is 19.8 Å². The van der Waals surface area contributed by atoms with Crippen LogP contribution in [0.5, 0.6) is 0 Å². The van der Waals surface area contributed by atoms with Crippen LogP contribution in [0, 0.1) is 0 Å². The standard InChI is InChI=1S/C21H29N3O2.HI/c1-22-21(23-13-14-26-16-15-25-2)24-17-20(18-9-5-3-6-10-18)19-11-7-4-8-12-19;/h3-12,20H,13-17H2,1-2H3,(H2,22,23,24);1H. The summed E-state index contributed by atoms with van der Waals surface area (Å²) in [5.74, 6) is 1.03. The fourth-order valence-corrected chi connectivity index (χ4v) is 2.70. The molecular weight excluding hydrogens is 453 g/mol. The van der Waals surface area contributed by atoms with Gasteiger partial charge in [0.15, 0.2) is 5.96 Å². The zero-order chi connectivity index (χ0) is 18.5. The van der Waals surface area contributed by atoms with Crippen LogP contribution in [0.1, 0.15) is 17.0 Å². The van der Waals surface area contributed by atoms with Gasteiger partial charge < -0.3 is 20.1 Å². The summed E-state index contributed by atoms with van der Waals surface area (Å²) in [6.45, 7) is 3.30. The average Bonchev–Trinajstić information content (AvgIpc) is 2.70. The van der Waals surface area contributed by atoms with Gasteiger partial charge in [-0.2, -0.15) is 0 Å². The van der Waals surface area contributed by atoms with Crippen LogP contribution in [-0.2, 0) is 9.47 Å². The van der Waals surface area contributed by atoms with Crippen molar-refractivity contribution in [1.29, 1.82) is 0 Å². The molecule has 148 valence electrons. The van der Waals surface area contributed by atoms with Gasteiger partial charge in [0, 0.05) is 33.2 Å². The molecule has 0 aromatic heterocycles. The number of rotatable bonds is 10. The fraction of sp³-hybridized carbons (Fsp3) is 0.381. The van der Waals surface area contributed by atoms with Crippen molar-refractivity contribution >= 4 is 29.9 Å². The summed E-state index contributed by atoms with van der Waals surface area (Å²) in [4.78, 5) is 4.30. The molecule has 0 saturated carbocycles. The molecule has 0 bridgehead atoms. The SMILES string of the molecule is CN=C(NCCOCCOC)NCC(c1ccccc1)c1ccccc1.I. The van der Waals surface area contributed by atoms with Crippen molar-refractivity contribution in [3.63, 3.8) is 0 Å². The van der Waals surface area contributed by atoms with Crippen LogP contribution in [0.25, 0.3) is 0 Å². The van der Waals surface area contributed by atoms with E-state index in [2.05, 4.69) is 64.2 Å². The first kappa shape index (κ1) is 23.4. The molecule has 0 amide bonds. The van der Waals surface area contributed by atoms with Crippen LogP contribution >= 0.6 is 24.0 Å². The van der Waals surface area contributed by atoms with Gasteiger partial charge in [-0.05, 0) is 11.1 Å². The van der Waals surface area contributed by atoms with Crippen LogP contribution in [0.15, 0.2) is 65.7 Å². The molecule has 27 heavy (non-hydrogen) atoms. The maximum atomic E-state index is 5.46. The Balaban J connectivity index is 0.00000364. The van der Waals surface area contributed by atoms with Crippen molar-refractivity contribution in [1.82, 2.24) is 10.6 Å². The van der Waals surface area contributed by atoms with Crippen molar-refractivity contribution in [3.8, 4) is 0 Å². The number of hydrogen-bond donors (Lipinski definition) is 2. The highest BCUT2D eigenvalue weighted by Crippen LogP contribution is 2.23. The quantitative estimate of drug-likeness (QED) is 0.236. The normalized spacial score (nSPS) is 11.1. The van der Waals surface area contributed by atoms with E-state index in [4.69, 9.17) is 9.47 Å². The van der Waals surface area contributed by atoms with E-state index >= 15 is 0 Å². The lowest BCUT2D eigenvalue weighted by molar-refractivity contribution is 0.0733. The van der Waals surface area contributed by atoms with Crippen LogP contribution < -0.4 is 10.6 Å². The van der Waals surface area contributed by atoms with Crippen molar-refractivity contribution in [2.24, 2.45) is 4.99 Å². The Morgan fingerprint density at radius 3 is 2.00 bits per heavy atom. The predicted octanol–water partition coefficient (Wildman–Crippen LogP) is 3.26. The summed E-state index contributed by atoms with van der Waals surface area (Å²) in [6.07, 6.45) is 0. The summed E-state index contributed by atoms with van der Waals surface area (Å²) in [7, 11) is 3.45. The molecule has 0 aliphatic heterocycles. The Labute approximate surface area is 179 Å². The first-order valence-electron chi connectivity index (χ1n) is 8.96. The number of nitrogens with zero attached hydrogens (tertiary/aromatic N) is 1. The molecular formula is C21H30IN3O2. The van der Waals surface area contributed by atoms with Gasteiger partial charge in [-0.15, -0.1) is 24.0 Å². The first-order valence-corrected chi connectivity index (χ1v) is 8.96. The molecule has 0 fully saturated rings. The predicted molar refractivity (Wildman–Crippen MR) is 122 cm³/mol. The zero-order valence-electron chi connectivity index (χ0n) is 16.1. The van der Waals surface area contributed by atoms with E-state index in [9.17, 15) is 0 Å². The molecule has 0 aliphatic rings.